The van der Waals surface area contributed by atoms with Crippen LogP contribution in [0.25, 0.3) is 0 Å². The van der Waals surface area contributed by atoms with Crippen LogP contribution in [0.1, 0.15) is 52.6 Å². The van der Waals surface area contributed by atoms with Gasteiger partial charge in [-0.2, -0.15) is 0 Å². The van der Waals surface area contributed by atoms with Gasteiger partial charge in [-0.15, -0.1) is 0 Å². The zero-order valence-electron chi connectivity index (χ0n) is 13.0. The molecule has 1 aromatic rings. The van der Waals surface area contributed by atoms with Gasteiger partial charge in [0.05, 0.1) is 0 Å². The van der Waals surface area contributed by atoms with Crippen molar-refractivity contribution >= 4 is 0 Å². The van der Waals surface area contributed by atoms with Crippen molar-refractivity contribution in [1.29, 1.82) is 0 Å². The Hall–Kier alpha value is -0.860. The lowest BCUT2D eigenvalue weighted by molar-refractivity contribution is 0.00623. The SMILES string of the molecule is CCC(C)(C)N1CC(C)(C)NCC1c1ccccc1. The maximum Gasteiger partial charge on any atom is 0.0478 e. The smallest absolute Gasteiger partial charge is 0.0478 e. The van der Waals surface area contributed by atoms with E-state index in [0.717, 1.165) is 13.1 Å². The monoisotopic (exact) mass is 260 g/mol. The van der Waals surface area contributed by atoms with E-state index in [1.807, 2.05) is 0 Å². The summed E-state index contributed by atoms with van der Waals surface area (Å²) in [6, 6.07) is 11.4. The molecule has 106 valence electrons. The summed E-state index contributed by atoms with van der Waals surface area (Å²) in [6.45, 7) is 13.7. The molecule has 0 aliphatic carbocycles. The fourth-order valence-electron chi connectivity index (χ4n) is 2.89. The van der Waals surface area contributed by atoms with Gasteiger partial charge in [0.25, 0.3) is 0 Å². The van der Waals surface area contributed by atoms with Crippen LogP contribution >= 0.6 is 0 Å². The molecule has 0 spiro atoms. The third-order valence-corrected chi connectivity index (χ3v) is 4.54. The first-order valence-electron chi connectivity index (χ1n) is 7.42. The fourth-order valence-corrected chi connectivity index (χ4v) is 2.89. The zero-order chi connectivity index (χ0) is 14.1. The van der Waals surface area contributed by atoms with E-state index in [1.165, 1.54) is 12.0 Å². The summed E-state index contributed by atoms with van der Waals surface area (Å²) in [5, 5.41) is 3.69. The number of rotatable bonds is 3. The van der Waals surface area contributed by atoms with Gasteiger partial charge in [0, 0.05) is 30.2 Å². The standard InChI is InChI=1S/C17H28N2/c1-6-17(4,5)19-13-16(2,3)18-12-15(19)14-10-8-7-9-11-14/h7-11,15,18H,6,12-13H2,1-5H3. The minimum atomic E-state index is 0.192. The van der Waals surface area contributed by atoms with E-state index in [0.29, 0.717) is 6.04 Å². The normalized spacial score (nSPS) is 24.4. The lowest BCUT2D eigenvalue weighted by Crippen LogP contribution is -2.63. The number of piperazine rings is 1. The van der Waals surface area contributed by atoms with Crippen molar-refractivity contribution in [2.24, 2.45) is 0 Å². The molecule has 0 amide bonds. The minimum Gasteiger partial charge on any atom is -0.309 e. The van der Waals surface area contributed by atoms with Gasteiger partial charge in [-0.1, -0.05) is 37.3 Å². The first-order valence-corrected chi connectivity index (χ1v) is 7.42. The van der Waals surface area contributed by atoms with Crippen molar-refractivity contribution in [1.82, 2.24) is 10.2 Å². The Labute approximate surface area is 118 Å². The van der Waals surface area contributed by atoms with Crippen LogP contribution in [0.2, 0.25) is 0 Å². The van der Waals surface area contributed by atoms with Crippen molar-refractivity contribution in [3.8, 4) is 0 Å². The maximum atomic E-state index is 3.69. The van der Waals surface area contributed by atoms with E-state index < -0.39 is 0 Å². The molecule has 1 N–H and O–H groups in total. The van der Waals surface area contributed by atoms with E-state index in [-0.39, 0.29) is 11.1 Å². The van der Waals surface area contributed by atoms with Gasteiger partial charge >= 0.3 is 0 Å². The van der Waals surface area contributed by atoms with E-state index in [1.54, 1.807) is 0 Å². The highest BCUT2D eigenvalue weighted by Gasteiger charge is 2.39. The molecule has 2 rings (SSSR count). The second kappa shape index (κ2) is 5.26. The van der Waals surface area contributed by atoms with Crippen molar-refractivity contribution in [2.75, 3.05) is 13.1 Å². The van der Waals surface area contributed by atoms with Gasteiger partial charge in [0.2, 0.25) is 0 Å². The number of benzene rings is 1. The average molecular weight is 260 g/mol. The largest absolute Gasteiger partial charge is 0.309 e. The molecule has 0 radical (unpaired) electrons. The molecule has 2 heteroatoms. The summed E-state index contributed by atoms with van der Waals surface area (Å²) in [5.41, 5.74) is 1.85. The molecule has 1 aromatic carbocycles. The number of nitrogens with one attached hydrogen (secondary N) is 1. The molecule has 1 heterocycles. The van der Waals surface area contributed by atoms with Gasteiger partial charge in [-0.3, -0.25) is 4.90 Å². The highest BCUT2D eigenvalue weighted by Crippen LogP contribution is 2.34. The van der Waals surface area contributed by atoms with Crippen molar-refractivity contribution in [3.63, 3.8) is 0 Å². The first kappa shape index (κ1) is 14.5. The van der Waals surface area contributed by atoms with Gasteiger partial charge in [-0.25, -0.2) is 0 Å². The summed E-state index contributed by atoms with van der Waals surface area (Å²) >= 11 is 0. The zero-order valence-corrected chi connectivity index (χ0v) is 13.0. The molecule has 1 aliphatic heterocycles. The molecule has 2 nitrogen and oxygen atoms in total. The molecule has 1 aliphatic rings. The molecule has 1 fully saturated rings. The summed E-state index contributed by atoms with van der Waals surface area (Å²) in [5.74, 6) is 0. The quantitative estimate of drug-likeness (QED) is 0.893. The number of hydrogen-bond donors (Lipinski definition) is 1. The molecular weight excluding hydrogens is 232 g/mol. The predicted octanol–water partition coefficient (Wildman–Crippen LogP) is 3.60. The highest BCUT2D eigenvalue weighted by molar-refractivity contribution is 5.21. The number of nitrogens with zero attached hydrogens (tertiary/aromatic N) is 1. The van der Waals surface area contributed by atoms with E-state index in [4.69, 9.17) is 0 Å². The Balaban J connectivity index is 2.31. The van der Waals surface area contributed by atoms with E-state index >= 15 is 0 Å². The predicted molar refractivity (Wildman–Crippen MR) is 82.3 cm³/mol. The highest BCUT2D eigenvalue weighted by atomic mass is 15.3. The van der Waals surface area contributed by atoms with Crippen LogP contribution in [0.5, 0.6) is 0 Å². The minimum absolute atomic E-state index is 0.192. The van der Waals surface area contributed by atoms with Gasteiger partial charge < -0.3 is 5.32 Å². The Kier molecular flexibility index (Phi) is 4.03. The Morgan fingerprint density at radius 2 is 1.89 bits per heavy atom. The molecule has 0 aromatic heterocycles. The first-order chi connectivity index (χ1) is 8.86. The van der Waals surface area contributed by atoms with Crippen LogP contribution in [0, 0.1) is 0 Å². The third-order valence-electron chi connectivity index (χ3n) is 4.54. The lowest BCUT2D eigenvalue weighted by atomic mass is 9.88. The maximum absolute atomic E-state index is 3.69. The van der Waals surface area contributed by atoms with Gasteiger partial charge in [0.15, 0.2) is 0 Å². The molecule has 19 heavy (non-hydrogen) atoms. The molecule has 0 saturated carbocycles. The summed E-state index contributed by atoms with van der Waals surface area (Å²) < 4.78 is 0. The van der Waals surface area contributed by atoms with Crippen LogP contribution < -0.4 is 5.32 Å². The third kappa shape index (κ3) is 3.18. The van der Waals surface area contributed by atoms with Gasteiger partial charge in [0.1, 0.15) is 0 Å². The Morgan fingerprint density at radius 3 is 2.47 bits per heavy atom. The number of hydrogen-bond acceptors (Lipinski definition) is 2. The van der Waals surface area contributed by atoms with Crippen molar-refractivity contribution < 1.29 is 0 Å². The van der Waals surface area contributed by atoms with Gasteiger partial charge in [-0.05, 0) is 39.7 Å². The molecule has 1 unspecified atom stereocenters. The van der Waals surface area contributed by atoms with Crippen LogP contribution in [0.3, 0.4) is 0 Å². The summed E-state index contributed by atoms with van der Waals surface area (Å²) in [7, 11) is 0. The second-order valence-electron chi connectivity index (χ2n) is 6.99. The van der Waals surface area contributed by atoms with Crippen molar-refractivity contribution in [2.45, 2.75) is 58.2 Å². The van der Waals surface area contributed by atoms with E-state index in [9.17, 15) is 0 Å². The second-order valence-corrected chi connectivity index (χ2v) is 6.99. The molecule has 0 bridgehead atoms. The van der Waals surface area contributed by atoms with Crippen LogP contribution in [-0.2, 0) is 0 Å². The van der Waals surface area contributed by atoms with Crippen LogP contribution in [0.4, 0.5) is 0 Å². The Bertz CT molecular complexity index is 409. The average Bonchev–Trinajstić information content (AvgIpc) is 2.39. The molecule has 1 saturated heterocycles. The van der Waals surface area contributed by atoms with Crippen LogP contribution in [0.15, 0.2) is 30.3 Å². The summed E-state index contributed by atoms with van der Waals surface area (Å²) in [4.78, 5) is 2.68. The lowest BCUT2D eigenvalue weighted by Gasteiger charge is -2.52. The molecular formula is C17H28N2. The van der Waals surface area contributed by atoms with E-state index in [2.05, 4.69) is 75.2 Å². The van der Waals surface area contributed by atoms with Crippen molar-refractivity contribution in [3.05, 3.63) is 35.9 Å². The molecule has 1 atom stereocenters. The Morgan fingerprint density at radius 1 is 1.26 bits per heavy atom. The fraction of sp³-hybridized carbons (Fsp3) is 0.647. The van der Waals surface area contributed by atoms with Crippen LogP contribution in [-0.4, -0.2) is 29.1 Å². The topological polar surface area (TPSA) is 15.3 Å². The summed E-state index contributed by atoms with van der Waals surface area (Å²) in [6.07, 6.45) is 1.17.